The molecular weight excluding hydrogens is 263 g/mol. The Morgan fingerprint density at radius 1 is 1.17 bits per heavy atom. The van der Waals surface area contributed by atoms with Crippen LogP contribution in [0, 0.1) is 3.83 Å². The lowest BCUT2D eigenvalue weighted by Crippen LogP contribution is -1.93. The van der Waals surface area contributed by atoms with E-state index in [1.807, 2.05) is 29.0 Å². The van der Waals surface area contributed by atoms with Crippen LogP contribution in [0.15, 0.2) is 42.7 Å². The minimum Gasteiger partial charge on any atom is -0.295 e. The molecule has 0 unspecified atom stereocenters. The van der Waals surface area contributed by atoms with Gasteiger partial charge in [-0.15, -0.1) is 0 Å². The van der Waals surface area contributed by atoms with E-state index in [0.717, 1.165) is 9.52 Å². The van der Waals surface area contributed by atoms with Gasteiger partial charge in [-0.05, 0) is 12.1 Å². The van der Waals surface area contributed by atoms with Crippen molar-refractivity contribution >= 4 is 22.6 Å². The zero-order chi connectivity index (χ0) is 8.39. The average Bonchev–Trinajstić information content (AvgIpc) is 2.53. The van der Waals surface area contributed by atoms with E-state index in [2.05, 4.69) is 39.7 Å². The molecule has 0 atom stereocenters. The molecule has 0 aliphatic rings. The Labute approximate surface area is 84.4 Å². The molecule has 0 aliphatic carbocycles. The van der Waals surface area contributed by atoms with Crippen molar-refractivity contribution in [1.29, 1.82) is 0 Å². The Hall–Kier alpha value is -0.840. The van der Waals surface area contributed by atoms with E-state index in [1.165, 1.54) is 0 Å². The van der Waals surface area contributed by atoms with Crippen LogP contribution in [0.2, 0.25) is 0 Å². The summed E-state index contributed by atoms with van der Waals surface area (Å²) in [5.41, 5.74) is 1.15. The van der Waals surface area contributed by atoms with Gasteiger partial charge in [-0.1, -0.05) is 18.2 Å². The zero-order valence-electron chi connectivity index (χ0n) is 6.31. The lowest BCUT2D eigenvalue weighted by molar-refractivity contribution is 1.01. The van der Waals surface area contributed by atoms with E-state index in [1.54, 1.807) is 6.20 Å². The molecule has 2 aromatic rings. The highest BCUT2D eigenvalue weighted by molar-refractivity contribution is 14.1. The first-order chi connectivity index (χ1) is 5.88. The van der Waals surface area contributed by atoms with Crippen molar-refractivity contribution in [3.05, 3.63) is 46.6 Å². The Morgan fingerprint density at radius 2 is 1.92 bits per heavy atom. The lowest BCUT2D eigenvalue weighted by atomic mass is 10.3. The van der Waals surface area contributed by atoms with Crippen LogP contribution in [0.25, 0.3) is 5.69 Å². The van der Waals surface area contributed by atoms with E-state index in [0.29, 0.717) is 0 Å². The Kier molecular flexibility index (Phi) is 2.12. The molecule has 0 aliphatic heterocycles. The molecule has 0 saturated carbocycles. The summed E-state index contributed by atoms with van der Waals surface area (Å²) in [6.45, 7) is 0. The summed E-state index contributed by atoms with van der Waals surface area (Å²) in [5, 5.41) is 0. The SMILES string of the molecule is Ic1nccn1-c1ccccc1. The van der Waals surface area contributed by atoms with E-state index in [-0.39, 0.29) is 0 Å². The van der Waals surface area contributed by atoms with Gasteiger partial charge in [-0.2, -0.15) is 0 Å². The Balaban J connectivity index is 2.51. The summed E-state index contributed by atoms with van der Waals surface area (Å²) in [7, 11) is 0. The van der Waals surface area contributed by atoms with Gasteiger partial charge in [0.05, 0.1) is 0 Å². The second kappa shape index (κ2) is 3.26. The van der Waals surface area contributed by atoms with Crippen LogP contribution < -0.4 is 0 Å². The predicted molar refractivity (Wildman–Crippen MR) is 56.3 cm³/mol. The van der Waals surface area contributed by atoms with Crippen molar-refractivity contribution < 1.29 is 0 Å². The molecule has 0 radical (unpaired) electrons. The summed E-state index contributed by atoms with van der Waals surface area (Å²) in [4.78, 5) is 4.14. The normalized spacial score (nSPS) is 10.1. The van der Waals surface area contributed by atoms with Crippen LogP contribution >= 0.6 is 22.6 Å². The molecule has 60 valence electrons. The van der Waals surface area contributed by atoms with Crippen molar-refractivity contribution in [2.75, 3.05) is 0 Å². The molecule has 0 spiro atoms. The van der Waals surface area contributed by atoms with Gasteiger partial charge < -0.3 is 0 Å². The highest BCUT2D eigenvalue weighted by atomic mass is 127. The van der Waals surface area contributed by atoms with Crippen molar-refractivity contribution in [1.82, 2.24) is 9.55 Å². The molecule has 3 heteroatoms. The van der Waals surface area contributed by atoms with Gasteiger partial charge >= 0.3 is 0 Å². The minimum absolute atomic E-state index is 0.985. The number of halogens is 1. The van der Waals surface area contributed by atoms with Gasteiger partial charge in [0.15, 0.2) is 3.83 Å². The zero-order valence-corrected chi connectivity index (χ0v) is 8.47. The molecule has 12 heavy (non-hydrogen) atoms. The summed E-state index contributed by atoms with van der Waals surface area (Å²) in [6.07, 6.45) is 3.76. The molecular formula is C9H7IN2. The first kappa shape index (κ1) is 7.79. The van der Waals surface area contributed by atoms with Gasteiger partial charge in [0, 0.05) is 40.7 Å². The van der Waals surface area contributed by atoms with Crippen molar-refractivity contribution in [2.45, 2.75) is 0 Å². The summed E-state index contributed by atoms with van der Waals surface area (Å²) in [6, 6.07) is 10.2. The number of hydrogen-bond donors (Lipinski definition) is 0. The summed E-state index contributed by atoms with van der Waals surface area (Å²) in [5.74, 6) is 0. The Bertz CT molecular complexity index is 367. The molecule has 1 aromatic heterocycles. The topological polar surface area (TPSA) is 17.8 Å². The minimum atomic E-state index is 0.985. The predicted octanol–water partition coefficient (Wildman–Crippen LogP) is 2.48. The highest BCUT2D eigenvalue weighted by Crippen LogP contribution is 2.10. The third kappa shape index (κ3) is 1.36. The van der Waals surface area contributed by atoms with Crippen molar-refractivity contribution in [3.63, 3.8) is 0 Å². The van der Waals surface area contributed by atoms with Crippen molar-refractivity contribution in [3.8, 4) is 5.69 Å². The first-order valence-corrected chi connectivity index (χ1v) is 4.70. The van der Waals surface area contributed by atoms with E-state index >= 15 is 0 Å². The maximum Gasteiger partial charge on any atom is 0.175 e. The molecule has 0 N–H and O–H groups in total. The van der Waals surface area contributed by atoms with Gasteiger partial charge in [0.1, 0.15) is 0 Å². The molecule has 1 aromatic carbocycles. The average molecular weight is 270 g/mol. The number of benzene rings is 1. The Morgan fingerprint density at radius 3 is 2.50 bits per heavy atom. The van der Waals surface area contributed by atoms with E-state index in [4.69, 9.17) is 0 Å². The molecule has 0 saturated heterocycles. The van der Waals surface area contributed by atoms with Crippen LogP contribution in [0.1, 0.15) is 0 Å². The molecule has 0 amide bonds. The van der Waals surface area contributed by atoms with Gasteiger partial charge in [0.2, 0.25) is 0 Å². The van der Waals surface area contributed by atoms with Crippen LogP contribution in [0.3, 0.4) is 0 Å². The smallest absolute Gasteiger partial charge is 0.175 e. The second-order valence-electron chi connectivity index (χ2n) is 2.40. The lowest BCUT2D eigenvalue weighted by Gasteiger charge is -2.01. The van der Waals surface area contributed by atoms with Crippen molar-refractivity contribution in [2.24, 2.45) is 0 Å². The number of aromatic nitrogens is 2. The third-order valence-corrected chi connectivity index (χ3v) is 2.43. The summed E-state index contributed by atoms with van der Waals surface area (Å²) >= 11 is 2.21. The van der Waals surface area contributed by atoms with Crippen LogP contribution in [-0.2, 0) is 0 Å². The fourth-order valence-corrected chi connectivity index (χ4v) is 1.67. The molecule has 2 rings (SSSR count). The number of para-hydroxylation sites is 1. The maximum absolute atomic E-state index is 4.14. The van der Waals surface area contributed by atoms with E-state index < -0.39 is 0 Å². The fourth-order valence-electron chi connectivity index (χ4n) is 1.07. The molecule has 0 bridgehead atoms. The molecule has 0 fully saturated rings. The number of rotatable bonds is 1. The number of hydrogen-bond acceptors (Lipinski definition) is 1. The first-order valence-electron chi connectivity index (χ1n) is 3.62. The maximum atomic E-state index is 4.14. The van der Waals surface area contributed by atoms with Crippen LogP contribution in [-0.4, -0.2) is 9.55 Å². The number of nitrogens with zero attached hydrogens (tertiary/aromatic N) is 2. The van der Waals surface area contributed by atoms with Crippen LogP contribution in [0.4, 0.5) is 0 Å². The second-order valence-corrected chi connectivity index (χ2v) is 3.37. The number of imidazole rings is 1. The molecule has 1 heterocycles. The monoisotopic (exact) mass is 270 g/mol. The fraction of sp³-hybridized carbons (Fsp3) is 0. The summed E-state index contributed by atoms with van der Waals surface area (Å²) < 4.78 is 3.03. The van der Waals surface area contributed by atoms with Gasteiger partial charge in [-0.25, -0.2) is 4.98 Å². The van der Waals surface area contributed by atoms with Gasteiger partial charge in [-0.3, -0.25) is 4.57 Å². The van der Waals surface area contributed by atoms with E-state index in [9.17, 15) is 0 Å². The third-order valence-electron chi connectivity index (χ3n) is 1.63. The quantitative estimate of drug-likeness (QED) is 0.728. The molecule has 2 nitrogen and oxygen atoms in total. The van der Waals surface area contributed by atoms with Gasteiger partial charge in [0.25, 0.3) is 0 Å². The largest absolute Gasteiger partial charge is 0.295 e. The standard InChI is InChI=1S/C9H7IN2/c10-9-11-6-7-12(9)8-4-2-1-3-5-8/h1-7H. The highest BCUT2D eigenvalue weighted by Gasteiger charge is 1.98. The van der Waals surface area contributed by atoms with Crippen LogP contribution in [0.5, 0.6) is 0 Å².